The van der Waals surface area contributed by atoms with Crippen LogP contribution in [0.25, 0.3) is 0 Å². The Morgan fingerprint density at radius 2 is 2.00 bits per heavy atom. The predicted octanol–water partition coefficient (Wildman–Crippen LogP) is 0.262. The number of hydrogen-bond donors (Lipinski definition) is 3. The normalized spacial score (nSPS) is 11.1. The number of nitrogens with two attached hydrogens (primary N) is 3. The topological polar surface area (TPSA) is 146 Å². The quantitative estimate of drug-likeness (QED) is 0.300. The van der Waals surface area contributed by atoms with Gasteiger partial charge in [0.05, 0.1) is 4.92 Å². The maximum Gasteiger partial charge on any atom is 0.298 e. The van der Waals surface area contributed by atoms with Crippen molar-refractivity contribution in [2.45, 2.75) is 6.92 Å². The molecular weight excluding hydrogens is 243 g/mol. The summed E-state index contributed by atoms with van der Waals surface area (Å²) in [6.07, 6.45) is 0. The molecule has 0 aromatic heterocycles. The van der Waals surface area contributed by atoms with Gasteiger partial charge in [-0.25, -0.2) is 9.38 Å². The Bertz CT molecular complexity index is 550. The molecule has 96 valence electrons. The molecule has 1 aromatic rings. The van der Waals surface area contributed by atoms with Crippen molar-refractivity contribution < 1.29 is 9.31 Å². The van der Waals surface area contributed by atoms with Gasteiger partial charge < -0.3 is 17.2 Å². The molecule has 0 aliphatic heterocycles. The van der Waals surface area contributed by atoms with E-state index in [4.69, 9.17) is 17.2 Å². The fourth-order valence-corrected chi connectivity index (χ4v) is 1.18. The Hall–Kier alpha value is -2.71. The van der Waals surface area contributed by atoms with Gasteiger partial charge in [0.2, 0.25) is 5.96 Å². The Labute approximate surface area is 101 Å². The number of rotatable bonds is 2. The number of guanidine groups is 2. The molecule has 0 bridgehead atoms. The lowest BCUT2D eigenvalue weighted by atomic mass is 10.2. The Morgan fingerprint density at radius 3 is 2.50 bits per heavy atom. The van der Waals surface area contributed by atoms with Gasteiger partial charge in [0.1, 0.15) is 0 Å². The summed E-state index contributed by atoms with van der Waals surface area (Å²) in [7, 11) is 0. The number of nitro groups is 1. The summed E-state index contributed by atoms with van der Waals surface area (Å²) in [5.74, 6) is -1.70. The molecular formula is C9H11FN6O2. The standard InChI is InChI=1S/C9H11FN6O2/c1-4-2-3-5(16(17)18)7(6(4)10)14-9(13)15-8(11)12/h2-3H,1H3,(H6,11,12,13,14,15). The lowest BCUT2D eigenvalue weighted by Gasteiger charge is -2.02. The Balaban J connectivity index is 3.43. The lowest BCUT2D eigenvalue weighted by Crippen LogP contribution is -2.26. The molecule has 0 aliphatic carbocycles. The van der Waals surface area contributed by atoms with Crippen LogP contribution in [0.5, 0.6) is 0 Å². The first-order valence-electron chi connectivity index (χ1n) is 4.70. The van der Waals surface area contributed by atoms with Crippen LogP contribution in [0, 0.1) is 22.9 Å². The summed E-state index contributed by atoms with van der Waals surface area (Å²) in [6, 6.07) is 2.39. The van der Waals surface area contributed by atoms with Gasteiger partial charge in [-0.3, -0.25) is 10.1 Å². The third-order valence-electron chi connectivity index (χ3n) is 1.95. The minimum atomic E-state index is -0.849. The van der Waals surface area contributed by atoms with E-state index in [0.717, 1.165) is 6.07 Å². The molecule has 8 nitrogen and oxygen atoms in total. The Kier molecular flexibility index (Phi) is 3.77. The third kappa shape index (κ3) is 2.90. The van der Waals surface area contributed by atoms with Crippen LogP contribution < -0.4 is 17.2 Å². The summed E-state index contributed by atoms with van der Waals surface area (Å²) in [4.78, 5) is 16.8. The highest BCUT2D eigenvalue weighted by Crippen LogP contribution is 2.32. The molecule has 0 amide bonds. The fourth-order valence-electron chi connectivity index (χ4n) is 1.18. The molecule has 1 rings (SSSR count). The highest BCUT2D eigenvalue weighted by molar-refractivity contribution is 5.94. The molecule has 0 saturated carbocycles. The molecule has 0 spiro atoms. The van der Waals surface area contributed by atoms with Crippen molar-refractivity contribution in [3.05, 3.63) is 33.6 Å². The van der Waals surface area contributed by atoms with Crippen LogP contribution in [0.3, 0.4) is 0 Å². The smallest absolute Gasteiger partial charge is 0.298 e. The second-order valence-corrected chi connectivity index (χ2v) is 3.33. The number of benzene rings is 1. The van der Waals surface area contributed by atoms with Gasteiger partial charge in [-0.15, -0.1) is 0 Å². The highest BCUT2D eigenvalue weighted by Gasteiger charge is 2.19. The van der Waals surface area contributed by atoms with Crippen molar-refractivity contribution in [2.24, 2.45) is 27.2 Å². The predicted molar refractivity (Wildman–Crippen MR) is 64.9 cm³/mol. The van der Waals surface area contributed by atoms with E-state index in [1.165, 1.54) is 13.0 Å². The number of nitrogens with zero attached hydrogens (tertiary/aromatic N) is 3. The van der Waals surface area contributed by atoms with E-state index in [1.54, 1.807) is 0 Å². The van der Waals surface area contributed by atoms with Crippen LogP contribution in [-0.4, -0.2) is 16.8 Å². The van der Waals surface area contributed by atoms with Crippen molar-refractivity contribution in [1.82, 2.24) is 0 Å². The molecule has 0 heterocycles. The highest BCUT2D eigenvalue weighted by atomic mass is 19.1. The number of aliphatic imine (C=N–C) groups is 2. The van der Waals surface area contributed by atoms with Crippen LogP contribution >= 0.6 is 0 Å². The zero-order valence-corrected chi connectivity index (χ0v) is 9.42. The molecule has 18 heavy (non-hydrogen) atoms. The molecule has 0 atom stereocenters. The zero-order chi connectivity index (χ0) is 13.9. The van der Waals surface area contributed by atoms with E-state index in [1.807, 2.05) is 0 Å². The van der Waals surface area contributed by atoms with Crippen LogP contribution in [-0.2, 0) is 0 Å². The molecule has 1 aromatic carbocycles. The van der Waals surface area contributed by atoms with Gasteiger partial charge in [-0.2, -0.15) is 4.99 Å². The van der Waals surface area contributed by atoms with E-state index < -0.39 is 28.1 Å². The van der Waals surface area contributed by atoms with Gasteiger partial charge in [0.15, 0.2) is 17.5 Å². The van der Waals surface area contributed by atoms with Crippen molar-refractivity contribution in [3.63, 3.8) is 0 Å². The summed E-state index contributed by atoms with van der Waals surface area (Å²) in [6.45, 7) is 1.44. The second-order valence-electron chi connectivity index (χ2n) is 3.33. The van der Waals surface area contributed by atoms with Crippen molar-refractivity contribution in [1.29, 1.82) is 0 Å². The van der Waals surface area contributed by atoms with E-state index in [9.17, 15) is 14.5 Å². The molecule has 0 radical (unpaired) electrons. The van der Waals surface area contributed by atoms with Gasteiger partial charge in [-0.1, -0.05) is 0 Å². The number of aryl methyl sites for hydroxylation is 1. The SMILES string of the molecule is Cc1ccc([N+](=O)[O-])c(N=C(N)N=C(N)N)c1F. The zero-order valence-electron chi connectivity index (χ0n) is 9.42. The second kappa shape index (κ2) is 5.08. The monoisotopic (exact) mass is 254 g/mol. The Morgan fingerprint density at radius 1 is 1.39 bits per heavy atom. The van der Waals surface area contributed by atoms with E-state index in [0.29, 0.717) is 0 Å². The van der Waals surface area contributed by atoms with Gasteiger partial charge in [0, 0.05) is 6.07 Å². The van der Waals surface area contributed by atoms with Crippen LogP contribution in [0.15, 0.2) is 22.1 Å². The summed E-state index contributed by atoms with van der Waals surface area (Å²) < 4.78 is 13.7. The van der Waals surface area contributed by atoms with E-state index in [-0.39, 0.29) is 11.5 Å². The number of hydrogen-bond acceptors (Lipinski definition) is 3. The fraction of sp³-hybridized carbons (Fsp3) is 0.111. The first-order valence-corrected chi connectivity index (χ1v) is 4.70. The van der Waals surface area contributed by atoms with Crippen molar-refractivity contribution in [3.8, 4) is 0 Å². The molecule has 0 saturated heterocycles. The van der Waals surface area contributed by atoms with Crippen molar-refractivity contribution >= 4 is 23.3 Å². The minimum Gasteiger partial charge on any atom is -0.370 e. The van der Waals surface area contributed by atoms with Gasteiger partial charge in [0.25, 0.3) is 5.69 Å². The van der Waals surface area contributed by atoms with E-state index >= 15 is 0 Å². The molecule has 6 N–H and O–H groups in total. The van der Waals surface area contributed by atoms with Crippen molar-refractivity contribution in [2.75, 3.05) is 0 Å². The number of halogens is 1. The van der Waals surface area contributed by atoms with E-state index in [2.05, 4.69) is 9.98 Å². The molecule has 0 aliphatic rings. The summed E-state index contributed by atoms with van der Waals surface area (Å²) in [5.41, 5.74) is 14.6. The lowest BCUT2D eigenvalue weighted by molar-refractivity contribution is -0.384. The van der Waals surface area contributed by atoms with Gasteiger partial charge in [-0.05, 0) is 18.6 Å². The third-order valence-corrected chi connectivity index (χ3v) is 1.95. The maximum absolute atomic E-state index is 13.7. The first-order chi connectivity index (χ1) is 8.32. The summed E-state index contributed by atoms with van der Waals surface area (Å²) >= 11 is 0. The average Bonchev–Trinajstić information content (AvgIpc) is 2.23. The van der Waals surface area contributed by atoms with Crippen LogP contribution in [0.1, 0.15) is 5.56 Å². The minimum absolute atomic E-state index is 0.192. The maximum atomic E-state index is 13.7. The average molecular weight is 254 g/mol. The van der Waals surface area contributed by atoms with Gasteiger partial charge >= 0.3 is 0 Å². The van der Waals surface area contributed by atoms with Crippen LogP contribution in [0.2, 0.25) is 0 Å². The molecule has 0 unspecified atom stereocenters. The van der Waals surface area contributed by atoms with Crippen LogP contribution in [0.4, 0.5) is 15.8 Å². The number of nitro benzene ring substituents is 1. The summed E-state index contributed by atoms with van der Waals surface area (Å²) in [5, 5.41) is 10.7. The molecule has 0 fully saturated rings. The molecule has 9 heteroatoms. The first kappa shape index (κ1) is 13.4. The largest absolute Gasteiger partial charge is 0.370 e.